The molecule has 1 aromatic rings. The third-order valence-corrected chi connectivity index (χ3v) is 2.14. The van der Waals surface area contributed by atoms with Crippen LogP contribution in [-0.4, -0.2) is 16.4 Å². The third-order valence-electron chi connectivity index (χ3n) is 2.14. The van der Waals surface area contributed by atoms with Crippen LogP contribution in [0.15, 0.2) is 6.20 Å². The summed E-state index contributed by atoms with van der Waals surface area (Å²) in [5, 5.41) is 10.9. The maximum absolute atomic E-state index is 10.7. The molecule has 0 bridgehead atoms. The summed E-state index contributed by atoms with van der Waals surface area (Å²) < 4.78 is 0. The molecule has 0 saturated heterocycles. The third kappa shape index (κ3) is 1.22. The first-order valence-corrected chi connectivity index (χ1v) is 4.16. The molecule has 0 amide bonds. The van der Waals surface area contributed by atoms with Gasteiger partial charge in [0.1, 0.15) is 5.75 Å². The number of rotatable bonds is 1. The Kier molecular flexibility index (Phi) is 1.85. The molecule has 1 heterocycles. The van der Waals surface area contributed by atoms with E-state index in [2.05, 4.69) is 4.98 Å². The summed E-state index contributed by atoms with van der Waals surface area (Å²) in [4.78, 5) is 14.7. The Balaban J connectivity index is 2.89. The van der Waals surface area contributed by atoms with Gasteiger partial charge in [-0.2, -0.15) is 0 Å². The van der Waals surface area contributed by atoms with Gasteiger partial charge < -0.3 is 5.11 Å². The summed E-state index contributed by atoms with van der Waals surface area (Å²) in [7, 11) is 0. The van der Waals surface area contributed by atoms with Crippen LogP contribution in [0.2, 0.25) is 0 Å². The number of hydrogen-bond acceptors (Lipinski definition) is 3. The number of aromatic nitrogens is 1. The van der Waals surface area contributed by atoms with Crippen LogP contribution in [0, 0.1) is 0 Å². The van der Waals surface area contributed by atoms with E-state index in [9.17, 15) is 9.90 Å². The Labute approximate surface area is 75.0 Å². The SMILES string of the molecule is O=Cc1c(O)cnc2c1=CCCC=2. The van der Waals surface area contributed by atoms with E-state index in [-0.39, 0.29) is 5.75 Å². The molecular weight excluding hydrogens is 166 g/mol. The lowest BCUT2D eigenvalue weighted by Crippen LogP contribution is -2.33. The Morgan fingerprint density at radius 3 is 2.92 bits per heavy atom. The van der Waals surface area contributed by atoms with Crippen LogP contribution < -0.4 is 10.6 Å². The molecule has 1 aliphatic rings. The minimum atomic E-state index is -0.0414. The fourth-order valence-electron chi connectivity index (χ4n) is 1.49. The summed E-state index contributed by atoms with van der Waals surface area (Å²) >= 11 is 0. The van der Waals surface area contributed by atoms with Crippen LogP contribution in [0.3, 0.4) is 0 Å². The maximum Gasteiger partial charge on any atom is 0.154 e. The highest BCUT2D eigenvalue weighted by molar-refractivity contribution is 5.79. The van der Waals surface area contributed by atoms with Gasteiger partial charge in [-0.05, 0) is 12.8 Å². The fourth-order valence-corrected chi connectivity index (χ4v) is 1.49. The number of fused-ring (bicyclic) bond motifs is 1. The molecule has 0 radical (unpaired) electrons. The van der Waals surface area contributed by atoms with Crippen LogP contribution in [0.4, 0.5) is 0 Å². The highest BCUT2D eigenvalue weighted by atomic mass is 16.3. The van der Waals surface area contributed by atoms with Crippen LogP contribution >= 0.6 is 0 Å². The number of nitrogens with zero attached hydrogens (tertiary/aromatic N) is 1. The Morgan fingerprint density at radius 1 is 1.38 bits per heavy atom. The predicted molar refractivity (Wildman–Crippen MR) is 48.7 cm³/mol. The van der Waals surface area contributed by atoms with Gasteiger partial charge >= 0.3 is 0 Å². The van der Waals surface area contributed by atoms with E-state index in [0.29, 0.717) is 11.8 Å². The lowest BCUT2D eigenvalue weighted by molar-refractivity contribution is 0.112. The van der Waals surface area contributed by atoms with Crippen molar-refractivity contribution in [3.05, 3.63) is 22.3 Å². The van der Waals surface area contributed by atoms with Crippen molar-refractivity contribution in [2.45, 2.75) is 12.8 Å². The molecular formula is C10H9NO2. The normalized spacial score (nSPS) is 13.8. The molecule has 0 unspecified atom stereocenters. The van der Waals surface area contributed by atoms with Crippen LogP contribution in [0.1, 0.15) is 23.2 Å². The second kappa shape index (κ2) is 3.01. The lowest BCUT2D eigenvalue weighted by atomic mass is 10.1. The molecule has 0 aliphatic heterocycles. The molecule has 1 aromatic heterocycles. The summed E-state index contributed by atoms with van der Waals surface area (Å²) in [6.45, 7) is 0. The number of carbonyl (C=O) groups excluding carboxylic acids is 1. The molecule has 0 fully saturated rings. The zero-order valence-electron chi connectivity index (χ0n) is 7.03. The minimum absolute atomic E-state index is 0.0414. The van der Waals surface area contributed by atoms with E-state index in [4.69, 9.17) is 0 Å². The van der Waals surface area contributed by atoms with Crippen molar-refractivity contribution in [2.24, 2.45) is 0 Å². The highest BCUT2D eigenvalue weighted by Crippen LogP contribution is 2.07. The first-order chi connectivity index (χ1) is 6.33. The molecule has 0 aromatic carbocycles. The number of carbonyl (C=O) groups is 1. The maximum atomic E-state index is 10.7. The number of aldehydes is 1. The van der Waals surface area contributed by atoms with Crippen molar-refractivity contribution in [1.82, 2.24) is 4.98 Å². The molecule has 66 valence electrons. The van der Waals surface area contributed by atoms with Crippen molar-refractivity contribution in [1.29, 1.82) is 0 Å². The Morgan fingerprint density at radius 2 is 2.15 bits per heavy atom. The van der Waals surface area contributed by atoms with Gasteiger partial charge in [-0.1, -0.05) is 12.2 Å². The molecule has 0 spiro atoms. The van der Waals surface area contributed by atoms with Crippen LogP contribution in [0.5, 0.6) is 5.75 Å². The number of aromatic hydroxyl groups is 1. The zero-order chi connectivity index (χ0) is 9.26. The quantitative estimate of drug-likeness (QED) is 0.609. The van der Waals surface area contributed by atoms with Gasteiger partial charge in [-0.3, -0.25) is 9.78 Å². The van der Waals surface area contributed by atoms with Crippen molar-refractivity contribution in [3.63, 3.8) is 0 Å². The van der Waals surface area contributed by atoms with Crippen molar-refractivity contribution < 1.29 is 9.90 Å². The molecule has 2 rings (SSSR count). The van der Waals surface area contributed by atoms with E-state index in [1.54, 1.807) is 0 Å². The molecule has 0 atom stereocenters. The smallest absolute Gasteiger partial charge is 0.154 e. The average molecular weight is 175 g/mol. The van der Waals surface area contributed by atoms with E-state index >= 15 is 0 Å². The van der Waals surface area contributed by atoms with Crippen LogP contribution in [-0.2, 0) is 0 Å². The van der Waals surface area contributed by atoms with Gasteiger partial charge in [-0.15, -0.1) is 0 Å². The van der Waals surface area contributed by atoms with Gasteiger partial charge in [0.05, 0.1) is 17.1 Å². The van der Waals surface area contributed by atoms with Gasteiger partial charge in [0.25, 0.3) is 0 Å². The molecule has 3 heteroatoms. The van der Waals surface area contributed by atoms with Gasteiger partial charge in [-0.25, -0.2) is 0 Å². The molecule has 1 aliphatic carbocycles. The van der Waals surface area contributed by atoms with Crippen molar-refractivity contribution in [3.8, 4) is 5.75 Å². The van der Waals surface area contributed by atoms with E-state index < -0.39 is 0 Å². The molecule has 1 N–H and O–H groups in total. The zero-order valence-corrected chi connectivity index (χ0v) is 7.03. The fraction of sp³-hybridized carbons (Fsp3) is 0.200. The number of pyridine rings is 1. The first kappa shape index (κ1) is 7.98. The molecule has 3 nitrogen and oxygen atoms in total. The predicted octanol–water partition coefficient (Wildman–Crippen LogP) is -0.0455. The second-order valence-corrected chi connectivity index (χ2v) is 2.96. The number of hydrogen-bond donors (Lipinski definition) is 1. The van der Waals surface area contributed by atoms with Crippen molar-refractivity contribution in [2.75, 3.05) is 0 Å². The van der Waals surface area contributed by atoms with Crippen molar-refractivity contribution >= 4 is 18.4 Å². The summed E-state index contributed by atoms with van der Waals surface area (Å²) in [5.74, 6) is -0.0414. The summed E-state index contributed by atoms with van der Waals surface area (Å²) in [5.41, 5.74) is 0.348. The van der Waals surface area contributed by atoms with Gasteiger partial charge in [0.2, 0.25) is 0 Å². The molecule has 13 heavy (non-hydrogen) atoms. The Hall–Kier alpha value is -1.64. The monoisotopic (exact) mass is 175 g/mol. The summed E-state index contributed by atoms with van der Waals surface area (Å²) in [6.07, 6.45) is 7.75. The topological polar surface area (TPSA) is 50.2 Å². The van der Waals surface area contributed by atoms with Gasteiger partial charge in [0.15, 0.2) is 6.29 Å². The van der Waals surface area contributed by atoms with E-state index in [1.165, 1.54) is 6.20 Å². The second-order valence-electron chi connectivity index (χ2n) is 2.96. The average Bonchev–Trinajstić information content (AvgIpc) is 2.18. The van der Waals surface area contributed by atoms with Gasteiger partial charge in [0, 0.05) is 5.22 Å². The largest absolute Gasteiger partial charge is 0.506 e. The Bertz CT molecular complexity index is 463. The minimum Gasteiger partial charge on any atom is -0.506 e. The standard InChI is InChI=1S/C10H9NO2/c12-6-8-7-3-1-2-4-9(7)11-5-10(8)13/h3-6,13H,1-2H2. The van der Waals surface area contributed by atoms with Crippen LogP contribution in [0.25, 0.3) is 12.2 Å². The first-order valence-electron chi connectivity index (χ1n) is 4.16. The highest BCUT2D eigenvalue weighted by Gasteiger charge is 2.05. The van der Waals surface area contributed by atoms with E-state index in [1.807, 2.05) is 12.2 Å². The summed E-state index contributed by atoms with van der Waals surface area (Å²) in [6, 6.07) is 0. The lowest BCUT2D eigenvalue weighted by Gasteiger charge is -2.02. The molecule has 0 saturated carbocycles. The van der Waals surface area contributed by atoms with E-state index in [0.717, 1.165) is 23.4 Å².